The molecule has 1 aliphatic heterocycles. The maximum absolute atomic E-state index is 5.77. The Morgan fingerprint density at radius 1 is 1.17 bits per heavy atom. The van der Waals surface area contributed by atoms with Crippen LogP contribution in [0.1, 0.15) is 24.5 Å². The van der Waals surface area contributed by atoms with Crippen molar-refractivity contribution in [2.45, 2.75) is 26.8 Å². The van der Waals surface area contributed by atoms with Crippen molar-refractivity contribution in [3.05, 3.63) is 59.7 Å². The highest BCUT2D eigenvalue weighted by Crippen LogP contribution is 2.23. The number of nitrogens with zero attached hydrogens (tertiary/aromatic N) is 2. The van der Waals surface area contributed by atoms with E-state index in [1.165, 1.54) is 17.7 Å². The van der Waals surface area contributed by atoms with E-state index in [4.69, 9.17) is 4.74 Å². The first-order chi connectivity index (χ1) is 13.7. The molecule has 0 aliphatic carbocycles. The Morgan fingerprint density at radius 3 is 2.69 bits per heavy atom. The van der Waals surface area contributed by atoms with Crippen LogP contribution in [0.25, 0.3) is 0 Å². The maximum Gasteiger partial charge on any atom is 0.191 e. The van der Waals surface area contributed by atoms with E-state index in [1.807, 2.05) is 14.0 Å². The SMILES string of the molecule is CCOc1cc(C)ccc1CNC(=NC)NCC1CCN(c2ccccc2)C1.I. The van der Waals surface area contributed by atoms with Crippen LogP contribution in [-0.2, 0) is 6.54 Å². The summed E-state index contributed by atoms with van der Waals surface area (Å²) in [6.45, 7) is 8.58. The van der Waals surface area contributed by atoms with E-state index in [9.17, 15) is 0 Å². The van der Waals surface area contributed by atoms with Gasteiger partial charge in [0.25, 0.3) is 0 Å². The number of aliphatic imine (C=N–C) groups is 1. The monoisotopic (exact) mass is 508 g/mol. The summed E-state index contributed by atoms with van der Waals surface area (Å²) in [7, 11) is 1.82. The number of anilines is 1. The topological polar surface area (TPSA) is 48.9 Å². The zero-order chi connectivity index (χ0) is 19.8. The van der Waals surface area contributed by atoms with Crippen LogP contribution >= 0.6 is 24.0 Å². The number of halogens is 1. The van der Waals surface area contributed by atoms with Crippen molar-refractivity contribution in [3.63, 3.8) is 0 Å². The third-order valence-electron chi connectivity index (χ3n) is 5.16. The lowest BCUT2D eigenvalue weighted by atomic mass is 10.1. The van der Waals surface area contributed by atoms with Crippen molar-refractivity contribution in [1.29, 1.82) is 0 Å². The molecule has 1 unspecified atom stereocenters. The first kappa shape index (κ1) is 23.3. The van der Waals surface area contributed by atoms with E-state index in [0.29, 0.717) is 19.1 Å². The van der Waals surface area contributed by atoms with Crippen molar-refractivity contribution in [2.24, 2.45) is 10.9 Å². The molecule has 0 radical (unpaired) electrons. The summed E-state index contributed by atoms with van der Waals surface area (Å²) in [5.74, 6) is 2.40. The predicted molar refractivity (Wildman–Crippen MR) is 133 cm³/mol. The molecule has 2 aromatic rings. The van der Waals surface area contributed by atoms with Gasteiger partial charge in [-0.15, -0.1) is 24.0 Å². The van der Waals surface area contributed by atoms with Gasteiger partial charge in [-0.25, -0.2) is 0 Å². The average molecular weight is 508 g/mol. The minimum Gasteiger partial charge on any atom is -0.494 e. The highest BCUT2D eigenvalue weighted by Gasteiger charge is 2.22. The largest absolute Gasteiger partial charge is 0.494 e. The van der Waals surface area contributed by atoms with Crippen LogP contribution in [0, 0.1) is 12.8 Å². The molecule has 0 aromatic heterocycles. The van der Waals surface area contributed by atoms with E-state index < -0.39 is 0 Å². The van der Waals surface area contributed by atoms with Crippen LogP contribution < -0.4 is 20.3 Å². The van der Waals surface area contributed by atoms with Crippen molar-refractivity contribution in [3.8, 4) is 5.75 Å². The molecule has 5 nitrogen and oxygen atoms in total. The van der Waals surface area contributed by atoms with Gasteiger partial charge < -0.3 is 20.3 Å². The van der Waals surface area contributed by atoms with Crippen LogP contribution in [-0.4, -0.2) is 39.2 Å². The molecule has 2 aromatic carbocycles. The highest BCUT2D eigenvalue weighted by molar-refractivity contribution is 14.0. The molecule has 2 N–H and O–H groups in total. The summed E-state index contributed by atoms with van der Waals surface area (Å²) in [5, 5.41) is 6.90. The van der Waals surface area contributed by atoms with Crippen molar-refractivity contribution >= 4 is 35.6 Å². The molecule has 1 heterocycles. The fraction of sp³-hybridized carbons (Fsp3) is 0.435. The number of guanidine groups is 1. The molecule has 0 saturated carbocycles. The summed E-state index contributed by atoms with van der Waals surface area (Å²) >= 11 is 0. The van der Waals surface area contributed by atoms with Gasteiger partial charge in [0.1, 0.15) is 5.75 Å². The third kappa shape index (κ3) is 6.80. The Morgan fingerprint density at radius 2 is 1.97 bits per heavy atom. The summed E-state index contributed by atoms with van der Waals surface area (Å²) in [4.78, 5) is 6.84. The van der Waals surface area contributed by atoms with E-state index >= 15 is 0 Å². The minimum atomic E-state index is 0. The molecular formula is C23H33IN4O. The normalized spacial score (nSPS) is 16.3. The number of benzene rings is 2. The third-order valence-corrected chi connectivity index (χ3v) is 5.16. The van der Waals surface area contributed by atoms with Crippen LogP contribution in [0.2, 0.25) is 0 Å². The molecular weight excluding hydrogens is 475 g/mol. The first-order valence-corrected chi connectivity index (χ1v) is 10.2. The quantitative estimate of drug-likeness (QED) is 0.335. The molecule has 0 bridgehead atoms. The van der Waals surface area contributed by atoms with E-state index in [0.717, 1.165) is 36.9 Å². The zero-order valence-corrected chi connectivity index (χ0v) is 20.0. The van der Waals surface area contributed by atoms with Gasteiger partial charge in [0, 0.05) is 44.5 Å². The van der Waals surface area contributed by atoms with Gasteiger partial charge in [-0.2, -0.15) is 0 Å². The molecule has 6 heteroatoms. The molecule has 29 heavy (non-hydrogen) atoms. The highest BCUT2D eigenvalue weighted by atomic mass is 127. The summed E-state index contributed by atoms with van der Waals surface area (Å²) < 4.78 is 5.77. The minimum absolute atomic E-state index is 0. The smallest absolute Gasteiger partial charge is 0.191 e. The molecule has 158 valence electrons. The standard InChI is InChI=1S/C23H32N4O.HI/c1-4-28-22-14-18(2)10-11-20(22)16-26-23(24-3)25-15-19-12-13-27(17-19)21-8-6-5-7-9-21;/h5-11,14,19H,4,12-13,15-17H2,1-3H3,(H2,24,25,26);1H. The predicted octanol–water partition coefficient (Wildman–Crippen LogP) is 4.20. The number of hydrogen-bond donors (Lipinski definition) is 2. The Kier molecular flexibility index (Phi) is 9.57. The first-order valence-electron chi connectivity index (χ1n) is 10.2. The van der Waals surface area contributed by atoms with Crippen LogP contribution in [0.4, 0.5) is 5.69 Å². The van der Waals surface area contributed by atoms with E-state index in [-0.39, 0.29) is 24.0 Å². The number of para-hydroxylation sites is 1. The molecule has 1 saturated heterocycles. The Balaban J connectivity index is 0.00000300. The zero-order valence-electron chi connectivity index (χ0n) is 17.6. The van der Waals surface area contributed by atoms with Crippen molar-refractivity contribution in [2.75, 3.05) is 38.2 Å². The Hall–Kier alpha value is -1.96. The second kappa shape index (κ2) is 11.9. The summed E-state index contributed by atoms with van der Waals surface area (Å²) in [6.07, 6.45) is 1.20. The molecule has 1 atom stereocenters. The van der Waals surface area contributed by atoms with Gasteiger partial charge in [0.2, 0.25) is 0 Å². The molecule has 1 aliphatic rings. The van der Waals surface area contributed by atoms with Gasteiger partial charge in [0.15, 0.2) is 5.96 Å². The number of ether oxygens (including phenoxy) is 1. The lowest BCUT2D eigenvalue weighted by Gasteiger charge is -2.19. The second-order valence-corrected chi connectivity index (χ2v) is 7.29. The second-order valence-electron chi connectivity index (χ2n) is 7.29. The van der Waals surface area contributed by atoms with Crippen LogP contribution in [0.15, 0.2) is 53.5 Å². The Labute approximate surface area is 192 Å². The maximum atomic E-state index is 5.77. The van der Waals surface area contributed by atoms with Crippen molar-refractivity contribution < 1.29 is 4.74 Å². The van der Waals surface area contributed by atoms with Gasteiger partial charge in [0.05, 0.1) is 6.61 Å². The van der Waals surface area contributed by atoms with Crippen LogP contribution in [0.3, 0.4) is 0 Å². The van der Waals surface area contributed by atoms with E-state index in [1.54, 1.807) is 0 Å². The number of hydrogen-bond acceptors (Lipinski definition) is 3. The van der Waals surface area contributed by atoms with Gasteiger partial charge in [-0.1, -0.05) is 30.3 Å². The molecule has 0 amide bonds. The summed E-state index contributed by atoms with van der Waals surface area (Å²) in [5.41, 5.74) is 3.67. The lowest BCUT2D eigenvalue weighted by Crippen LogP contribution is -2.40. The fourth-order valence-electron chi connectivity index (χ4n) is 3.61. The fourth-order valence-corrected chi connectivity index (χ4v) is 3.61. The molecule has 3 rings (SSSR count). The Bertz CT molecular complexity index is 782. The van der Waals surface area contributed by atoms with E-state index in [2.05, 4.69) is 76.0 Å². The lowest BCUT2D eigenvalue weighted by molar-refractivity contribution is 0.336. The average Bonchev–Trinajstić information content (AvgIpc) is 3.19. The van der Waals surface area contributed by atoms with Crippen molar-refractivity contribution in [1.82, 2.24) is 10.6 Å². The summed E-state index contributed by atoms with van der Waals surface area (Å²) in [6, 6.07) is 17.0. The van der Waals surface area contributed by atoms with Gasteiger partial charge in [-0.3, -0.25) is 4.99 Å². The van der Waals surface area contributed by atoms with Gasteiger partial charge in [-0.05, 0) is 49.9 Å². The molecule has 1 fully saturated rings. The number of aryl methyl sites for hydroxylation is 1. The number of nitrogens with one attached hydrogen (secondary N) is 2. The number of rotatable bonds is 7. The van der Waals surface area contributed by atoms with Crippen LogP contribution in [0.5, 0.6) is 5.75 Å². The molecule has 0 spiro atoms. The van der Waals surface area contributed by atoms with Gasteiger partial charge >= 0.3 is 0 Å².